The molecule has 1 amide bonds. The minimum absolute atomic E-state index is 0.0709. The van der Waals surface area contributed by atoms with Gasteiger partial charge in [0, 0.05) is 25.5 Å². The molecule has 10 heteroatoms. The van der Waals surface area contributed by atoms with E-state index in [9.17, 15) is 18.0 Å². The van der Waals surface area contributed by atoms with Gasteiger partial charge in [-0.05, 0) is 43.2 Å². The van der Waals surface area contributed by atoms with Gasteiger partial charge in [-0.1, -0.05) is 0 Å². The van der Waals surface area contributed by atoms with Gasteiger partial charge in [-0.15, -0.1) is 0 Å². The summed E-state index contributed by atoms with van der Waals surface area (Å²) in [5.41, 5.74) is 1.04. The summed E-state index contributed by atoms with van der Waals surface area (Å²) in [6.07, 6.45) is 2.26. The van der Waals surface area contributed by atoms with E-state index in [-0.39, 0.29) is 17.1 Å². The van der Waals surface area contributed by atoms with E-state index in [0.29, 0.717) is 24.1 Å². The third kappa shape index (κ3) is 4.01. The summed E-state index contributed by atoms with van der Waals surface area (Å²) < 4.78 is 33.4. The van der Waals surface area contributed by atoms with Gasteiger partial charge in [0.1, 0.15) is 16.6 Å². The Kier molecular flexibility index (Phi) is 5.72. The lowest BCUT2D eigenvalue weighted by Crippen LogP contribution is -2.43. The van der Waals surface area contributed by atoms with Gasteiger partial charge in [0.25, 0.3) is 0 Å². The Morgan fingerprint density at radius 1 is 1.28 bits per heavy atom. The molecule has 0 radical (unpaired) electrons. The van der Waals surface area contributed by atoms with Gasteiger partial charge in [0.05, 0.1) is 18.7 Å². The molecule has 0 saturated carbocycles. The van der Waals surface area contributed by atoms with Gasteiger partial charge >= 0.3 is 5.97 Å². The van der Waals surface area contributed by atoms with Crippen molar-refractivity contribution in [3.05, 3.63) is 47.8 Å². The zero-order valence-corrected chi connectivity index (χ0v) is 16.8. The lowest BCUT2D eigenvalue weighted by molar-refractivity contribution is -0.119. The standard InChI is InChI=1S/C19H20N4O5S/c1-22-12-15(10-17(22)19(25)28-2)29(26,27)23-9-3-4-16(23)18(24)21-14-7-5-13(11-20)6-8-14/h5-8,10,12,16H,3-4,9H2,1-2H3,(H,21,24)/t16-/m0/s1. The molecule has 1 saturated heterocycles. The number of sulfonamides is 1. The lowest BCUT2D eigenvalue weighted by Gasteiger charge is -2.22. The van der Waals surface area contributed by atoms with Crippen LogP contribution in [0.25, 0.3) is 0 Å². The number of ether oxygens (including phenoxy) is 1. The Morgan fingerprint density at radius 2 is 1.97 bits per heavy atom. The highest BCUT2D eigenvalue weighted by molar-refractivity contribution is 7.89. The van der Waals surface area contributed by atoms with Crippen LogP contribution in [0.2, 0.25) is 0 Å². The second-order valence-corrected chi connectivity index (χ2v) is 8.51. The SMILES string of the molecule is COC(=O)c1cc(S(=O)(=O)N2CCC[C@H]2C(=O)Nc2ccc(C#N)cc2)cn1C. The number of nitriles is 1. The number of rotatable bonds is 5. The zero-order chi connectivity index (χ0) is 21.2. The number of hydrogen-bond donors (Lipinski definition) is 1. The van der Waals surface area contributed by atoms with Crippen molar-refractivity contribution in [3.8, 4) is 6.07 Å². The average Bonchev–Trinajstić information content (AvgIpc) is 3.35. The minimum Gasteiger partial charge on any atom is -0.464 e. The molecule has 29 heavy (non-hydrogen) atoms. The van der Waals surface area contributed by atoms with Crippen molar-refractivity contribution in [1.82, 2.24) is 8.87 Å². The van der Waals surface area contributed by atoms with Gasteiger partial charge in [0.15, 0.2) is 0 Å². The van der Waals surface area contributed by atoms with Crippen LogP contribution in [-0.4, -0.2) is 48.9 Å². The zero-order valence-electron chi connectivity index (χ0n) is 16.0. The number of esters is 1. The number of carbonyl (C=O) groups excluding carboxylic acids is 2. The van der Waals surface area contributed by atoms with Crippen molar-refractivity contribution in [2.75, 3.05) is 19.0 Å². The van der Waals surface area contributed by atoms with Gasteiger partial charge in [-0.3, -0.25) is 4.79 Å². The first-order valence-corrected chi connectivity index (χ1v) is 10.3. The van der Waals surface area contributed by atoms with E-state index in [1.165, 1.54) is 23.9 Å². The molecule has 1 aromatic heterocycles. The van der Waals surface area contributed by atoms with Crippen LogP contribution in [0.3, 0.4) is 0 Å². The van der Waals surface area contributed by atoms with Gasteiger partial charge in [-0.2, -0.15) is 9.57 Å². The number of hydrogen-bond acceptors (Lipinski definition) is 6. The molecule has 0 aliphatic carbocycles. The number of benzene rings is 1. The van der Waals surface area contributed by atoms with Crippen LogP contribution in [0.1, 0.15) is 28.9 Å². The molecule has 0 bridgehead atoms. The molecular weight excluding hydrogens is 396 g/mol. The Morgan fingerprint density at radius 3 is 2.59 bits per heavy atom. The maximum absolute atomic E-state index is 13.1. The maximum Gasteiger partial charge on any atom is 0.354 e. The first kappa shape index (κ1) is 20.6. The summed E-state index contributed by atoms with van der Waals surface area (Å²) in [6.45, 7) is 0.205. The number of aryl methyl sites for hydroxylation is 1. The van der Waals surface area contributed by atoms with Crippen LogP contribution in [0.5, 0.6) is 0 Å². The summed E-state index contributed by atoms with van der Waals surface area (Å²) in [6, 6.07) is 8.68. The second kappa shape index (κ2) is 8.06. The highest BCUT2D eigenvalue weighted by Gasteiger charge is 2.40. The fourth-order valence-corrected chi connectivity index (χ4v) is 4.99. The Bertz CT molecular complexity index is 1080. The van der Waals surface area contributed by atoms with E-state index < -0.39 is 27.9 Å². The van der Waals surface area contributed by atoms with Crippen molar-refractivity contribution in [2.24, 2.45) is 7.05 Å². The van der Waals surface area contributed by atoms with E-state index in [1.807, 2.05) is 6.07 Å². The molecule has 9 nitrogen and oxygen atoms in total. The molecular formula is C19H20N4O5S. The number of anilines is 1. The van der Waals surface area contributed by atoms with Crippen LogP contribution >= 0.6 is 0 Å². The number of carbonyl (C=O) groups is 2. The third-order valence-electron chi connectivity index (χ3n) is 4.77. The first-order chi connectivity index (χ1) is 13.8. The highest BCUT2D eigenvalue weighted by Crippen LogP contribution is 2.28. The number of nitrogens with zero attached hydrogens (tertiary/aromatic N) is 3. The Balaban J connectivity index is 1.82. The summed E-state index contributed by atoms with van der Waals surface area (Å²) in [5, 5.41) is 11.5. The number of amides is 1. The summed E-state index contributed by atoms with van der Waals surface area (Å²) in [4.78, 5) is 24.4. The molecule has 1 aliphatic rings. The Hall–Kier alpha value is -3.16. The van der Waals surface area contributed by atoms with E-state index in [0.717, 1.165) is 4.31 Å². The highest BCUT2D eigenvalue weighted by atomic mass is 32.2. The van der Waals surface area contributed by atoms with Crippen molar-refractivity contribution in [3.63, 3.8) is 0 Å². The van der Waals surface area contributed by atoms with Crippen molar-refractivity contribution in [2.45, 2.75) is 23.8 Å². The lowest BCUT2D eigenvalue weighted by atomic mass is 10.2. The smallest absolute Gasteiger partial charge is 0.354 e. The number of methoxy groups -OCH3 is 1. The average molecular weight is 416 g/mol. The van der Waals surface area contributed by atoms with E-state index in [1.54, 1.807) is 31.3 Å². The van der Waals surface area contributed by atoms with Crippen LogP contribution in [0.15, 0.2) is 41.4 Å². The summed E-state index contributed by atoms with van der Waals surface area (Å²) >= 11 is 0. The van der Waals surface area contributed by atoms with Gasteiger partial charge < -0.3 is 14.6 Å². The monoisotopic (exact) mass is 416 g/mol. The normalized spacial score (nSPS) is 16.9. The van der Waals surface area contributed by atoms with Crippen LogP contribution < -0.4 is 5.32 Å². The fraction of sp³-hybridized carbons (Fsp3) is 0.316. The fourth-order valence-electron chi connectivity index (χ4n) is 3.26. The van der Waals surface area contributed by atoms with Crippen molar-refractivity contribution >= 4 is 27.6 Å². The molecule has 1 atom stereocenters. The molecule has 152 valence electrons. The number of aromatic nitrogens is 1. The maximum atomic E-state index is 13.1. The molecule has 1 aromatic carbocycles. The minimum atomic E-state index is -3.98. The van der Waals surface area contributed by atoms with Gasteiger partial charge in [0.2, 0.25) is 15.9 Å². The molecule has 2 heterocycles. The molecule has 1 N–H and O–H groups in total. The van der Waals surface area contributed by atoms with E-state index in [2.05, 4.69) is 10.1 Å². The van der Waals surface area contributed by atoms with Crippen molar-refractivity contribution < 1.29 is 22.7 Å². The quantitative estimate of drug-likeness (QED) is 0.737. The largest absolute Gasteiger partial charge is 0.464 e. The predicted octanol–water partition coefficient (Wildman–Crippen LogP) is 1.48. The molecule has 2 aromatic rings. The number of nitrogens with one attached hydrogen (secondary N) is 1. The summed E-state index contributed by atoms with van der Waals surface area (Å²) in [7, 11) is -1.22. The van der Waals surface area contributed by atoms with E-state index in [4.69, 9.17) is 5.26 Å². The topological polar surface area (TPSA) is 122 Å². The molecule has 1 aliphatic heterocycles. The van der Waals surface area contributed by atoms with Crippen LogP contribution in [0.4, 0.5) is 5.69 Å². The Labute approximate surface area is 168 Å². The second-order valence-electron chi connectivity index (χ2n) is 6.62. The van der Waals surface area contributed by atoms with Crippen LogP contribution in [-0.2, 0) is 26.6 Å². The molecule has 0 unspecified atom stereocenters. The summed E-state index contributed by atoms with van der Waals surface area (Å²) in [5.74, 6) is -1.09. The van der Waals surface area contributed by atoms with E-state index >= 15 is 0 Å². The molecule has 1 fully saturated rings. The van der Waals surface area contributed by atoms with Crippen molar-refractivity contribution in [1.29, 1.82) is 5.26 Å². The first-order valence-electron chi connectivity index (χ1n) is 8.85. The van der Waals surface area contributed by atoms with Crippen LogP contribution in [0, 0.1) is 11.3 Å². The van der Waals surface area contributed by atoms with Gasteiger partial charge in [-0.25, -0.2) is 13.2 Å². The third-order valence-corrected chi connectivity index (χ3v) is 6.64. The molecule has 3 rings (SSSR count). The molecule has 0 spiro atoms. The predicted molar refractivity (Wildman–Crippen MR) is 103 cm³/mol.